The Hall–Kier alpha value is -0.610. The van der Waals surface area contributed by atoms with Crippen LogP contribution in [0.15, 0.2) is 0 Å². The van der Waals surface area contributed by atoms with Gasteiger partial charge in [0.25, 0.3) is 0 Å². The Labute approximate surface area is 110 Å². The summed E-state index contributed by atoms with van der Waals surface area (Å²) in [6.07, 6.45) is 6.07. The zero-order valence-electron chi connectivity index (χ0n) is 11.6. The van der Waals surface area contributed by atoms with E-state index in [-0.39, 0.29) is 11.5 Å². The maximum atomic E-state index is 11.5. The molecule has 0 spiro atoms. The first-order chi connectivity index (χ1) is 8.61. The topological polar surface area (TPSA) is 50.4 Å². The maximum absolute atomic E-state index is 11.5. The highest BCUT2D eigenvalue weighted by Gasteiger charge is 2.31. The fourth-order valence-electron chi connectivity index (χ4n) is 2.47. The van der Waals surface area contributed by atoms with Crippen LogP contribution in [-0.4, -0.2) is 36.7 Å². The summed E-state index contributed by atoms with van der Waals surface area (Å²) in [6.45, 7) is 5.96. The van der Waals surface area contributed by atoms with E-state index in [4.69, 9.17) is 4.74 Å². The number of amides is 1. The summed E-state index contributed by atoms with van der Waals surface area (Å²) in [6, 6.07) is 0.974. The second-order valence-corrected chi connectivity index (χ2v) is 5.89. The number of ether oxygens (including phenoxy) is 1. The molecule has 1 saturated carbocycles. The Morgan fingerprint density at radius 2 is 2.11 bits per heavy atom. The average molecular weight is 254 g/mol. The molecule has 1 aliphatic heterocycles. The van der Waals surface area contributed by atoms with Crippen molar-refractivity contribution >= 4 is 5.91 Å². The molecule has 2 unspecified atom stereocenters. The van der Waals surface area contributed by atoms with Crippen molar-refractivity contribution in [3.63, 3.8) is 0 Å². The van der Waals surface area contributed by atoms with Gasteiger partial charge in [-0.3, -0.25) is 4.79 Å². The Morgan fingerprint density at radius 1 is 1.33 bits per heavy atom. The third-order valence-corrected chi connectivity index (χ3v) is 4.07. The van der Waals surface area contributed by atoms with E-state index in [0.29, 0.717) is 18.5 Å². The number of hydrogen-bond acceptors (Lipinski definition) is 3. The predicted molar refractivity (Wildman–Crippen MR) is 71.5 cm³/mol. The van der Waals surface area contributed by atoms with Crippen molar-refractivity contribution in [1.82, 2.24) is 10.6 Å². The standard InChI is InChI=1S/C14H26N2O2/c1-3-14(2)10-12(7-9-18-14)15-8-6-13(17)16-11-4-5-11/h11-12,15H,3-10H2,1-2H3,(H,16,17). The van der Waals surface area contributed by atoms with Gasteiger partial charge in [-0.1, -0.05) is 6.92 Å². The van der Waals surface area contributed by atoms with Gasteiger partial charge in [0.1, 0.15) is 0 Å². The number of carbonyl (C=O) groups is 1. The monoisotopic (exact) mass is 254 g/mol. The van der Waals surface area contributed by atoms with Crippen LogP contribution in [0.4, 0.5) is 0 Å². The third kappa shape index (κ3) is 4.25. The van der Waals surface area contributed by atoms with Crippen molar-refractivity contribution in [2.24, 2.45) is 0 Å². The summed E-state index contributed by atoms with van der Waals surface area (Å²) >= 11 is 0. The van der Waals surface area contributed by atoms with E-state index in [9.17, 15) is 4.79 Å². The highest BCUT2D eigenvalue weighted by atomic mass is 16.5. The molecule has 0 aromatic rings. The summed E-state index contributed by atoms with van der Waals surface area (Å²) in [5, 5.41) is 6.51. The molecule has 104 valence electrons. The SMILES string of the molecule is CCC1(C)CC(NCCC(=O)NC2CC2)CCO1. The van der Waals surface area contributed by atoms with E-state index in [1.165, 1.54) is 0 Å². The second-order valence-electron chi connectivity index (χ2n) is 5.89. The molecule has 0 bridgehead atoms. The summed E-state index contributed by atoms with van der Waals surface area (Å²) in [5.74, 6) is 0.190. The third-order valence-electron chi connectivity index (χ3n) is 4.07. The Balaban J connectivity index is 1.62. The van der Waals surface area contributed by atoms with Crippen molar-refractivity contribution in [3.05, 3.63) is 0 Å². The molecule has 4 nitrogen and oxygen atoms in total. The first kappa shape index (κ1) is 13.8. The van der Waals surface area contributed by atoms with Crippen molar-refractivity contribution in [2.75, 3.05) is 13.2 Å². The molecule has 18 heavy (non-hydrogen) atoms. The molecule has 2 fully saturated rings. The summed E-state index contributed by atoms with van der Waals surface area (Å²) in [5.41, 5.74) is 0.0200. The lowest BCUT2D eigenvalue weighted by atomic mass is 9.90. The largest absolute Gasteiger partial charge is 0.375 e. The number of carbonyl (C=O) groups excluding carboxylic acids is 1. The van der Waals surface area contributed by atoms with Gasteiger partial charge in [-0.05, 0) is 39.0 Å². The summed E-state index contributed by atoms with van der Waals surface area (Å²) in [4.78, 5) is 11.5. The normalized spacial score (nSPS) is 32.2. The predicted octanol–water partition coefficient (Wildman–Crippen LogP) is 1.59. The lowest BCUT2D eigenvalue weighted by Crippen LogP contribution is -2.45. The average Bonchev–Trinajstić information content (AvgIpc) is 3.13. The first-order valence-corrected chi connectivity index (χ1v) is 7.28. The van der Waals surface area contributed by atoms with Gasteiger partial charge in [-0.2, -0.15) is 0 Å². The van der Waals surface area contributed by atoms with E-state index in [2.05, 4.69) is 24.5 Å². The van der Waals surface area contributed by atoms with Crippen LogP contribution < -0.4 is 10.6 Å². The highest BCUT2D eigenvalue weighted by molar-refractivity contribution is 5.76. The second kappa shape index (κ2) is 6.02. The molecule has 0 aromatic heterocycles. The van der Waals surface area contributed by atoms with Crippen LogP contribution in [0.25, 0.3) is 0 Å². The maximum Gasteiger partial charge on any atom is 0.221 e. The van der Waals surface area contributed by atoms with E-state index in [0.717, 1.165) is 45.3 Å². The zero-order valence-corrected chi connectivity index (χ0v) is 11.6. The van der Waals surface area contributed by atoms with Gasteiger partial charge in [0.15, 0.2) is 0 Å². The Kier molecular flexibility index (Phi) is 4.62. The van der Waals surface area contributed by atoms with E-state index in [1.807, 2.05) is 0 Å². The van der Waals surface area contributed by atoms with Gasteiger partial charge in [0.05, 0.1) is 5.60 Å². The molecule has 2 rings (SSSR count). The molecule has 4 heteroatoms. The molecule has 2 atom stereocenters. The van der Waals surface area contributed by atoms with Crippen LogP contribution in [0, 0.1) is 0 Å². The molecular weight excluding hydrogens is 228 g/mol. The van der Waals surface area contributed by atoms with Gasteiger partial charge in [0.2, 0.25) is 5.91 Å². The van der Waals surface area contributed by atoms with Crippen LogP contribution in [0.1, 0.15) is 52.4 Å². The van der Waals surface area contributed by atoms with Crippen molar-refractivity contribution < 1.29 is 9.53 Å². The molecular formula is C14H26N2O2. The molecule has 1 saturated heterocycles. The smallest absolute Gasteiger partial charge is 0.221 e. The molecule has 2 aliphatic rings. The highest BCUT2D eigenvalue weighted by Crippen LogP contribution is 2.27. The molecule has 1 heterocycles. The molecule has 2 N–H and O–H groups in total. The zero-order chi connectivity index (χ0) is 13.0. The van der Waals surface area contributed by atoms with Gasteiger partial charge >= 0.3 is 0 Å². The molecule has 1 amide bonds. The van der Waals surface area contributed by atoms with Crippen LogP contribution in [-0.2, 0) is 9.53 Å². The summed E-state index contributed by atoms with van der Waals surface area (Å²) < 4.78 is 5.81. The van der Waals surface area contributed by atoms with Gasteiger partial charge in [-0.25, -0.2) is 0 Å². The van der Waals surface area contributed by atoms with E-state index in [1.54, 1.807) is 0 Å². The number of nitrogens with one attached hydrogen (secondary N) is 2. The van der Waals surface area contributed by atoms with Crippen LogP contribution in [0.5, 0.6) is 0 Å². The Morgan fingerprint density at radius 3 is 2.78 bits per heavy atom. The number of hydrogen-bond donors (Lipinski definition) is 2. The van der Waals surface area contributed by atoms with Crippen LogP contribution in [0.2, 0.25) is 0 Å². The first-order valence-electron chi connectivity index (χ1n) is 7.28. The molecule has 1 aliphatic carbocycles. The molecule has 0 radical (unpaired) electrons. The minimum Gasteiger partial charge on any atom is -0.375 e. The van der Waals surface area contributed by atoms with E-state index >= 15 is 0 Å². The van der Waals surface area contributed by atoms with Crippen LogP contribution in [0.3, 0.4) is 0 Å². The van der Waals surface area contributed by atoms with Crippen LogP contribution >= 0.6 is 0 Å². The lowest BCUT2D eigenvalue weighted by Gasteiger charge is -2.38. The van der Waals surface area contributed by atoms with Crippen molar-refractivity contribution in [1.29, 1.82) is 0 Å². The lowest BCUT2D eigenvalue weighted by molar-refractivity contribution is -0.121. The summed E-state index contributed by atoms with van der Waals surface area (Å²) in [7, 11) is 0. The van der Waals surface area contributed by atoms with Crippen molar-refractivity contribution in [2.45, 2.75) is 70.1 Å². The van der Waals surface area contributed by atoms with Gasteiger partial charge in [-0.15, -0.1) is 0 Å². The minimum atomic E-state index is 0.0200. The van der Waals surface area contributed by atoms with Crippen molar-refractivity contribution in [3.8, 4) is 0 Å². The van der Waals surface area contributed by atoms with E-state index < -0.39 is 0 Å². The quantitative estimate of drug-likeness (QED) is 0.757. The fourth-order valence-corrected chi connectivity index (χ4v) is 2.47. The van der Waals surface area contributed by atoms with Gasteiger partial charge < -0.3 is 15.4 Å². The Bertz CT molecular complexity index is 292. The minimum absolute atomic E-state index is 0.0200. The molecule has 0 aromatic carbocycles. The number of rotatable bonds is 6. The fraction of sp³-hybridized carbons (Fsp3) is 0.929. The van der Waals surface area contributed by atoms with Gasteiger partial charge in [0, 0.05) is 31.7 Å².